The third-order valence-corrected chi connectivity index (χ3v) is 3.49. The fraction of sp³-hybridized carbons (Fsp3) is 0.133. The van der Waals surface area contributed by atoms with Gasteiger partial charge in [-0.1, -0.05) is 12.1 Å². The van der Waals surface area contributed by atoms with Crippen molar-refractivity contribution in [3.05, 3.63) is 51.6 Å². The van der Waals surface area contributed by atoms with E-state index < -0.39 is 0 Å². The highest BCUT2D eigenvalue weighted by molar-refractivity contribution is 14.1. The number of carbonyl (C=O) groups excluding carboxylic acids is 1. The predicted octanol–water partition coefficient (Wildman–Crippen LogP) is 3.20. The Hall–Kier alpha value is -1.76. The van der Waals surface area contributed by atoms with Crippen LogP contribution in [-0.2, 0) is 4.79 Å². The Kier molecular flexibility index (Phi) is 4.84. The number of hydrogen-bond donors (Lipinski definition) is 2. The van der Waals surface area contributed by atoms with Gasteiger partial charge in [0.25, 0.3) is 5.91 Å². The molecule has 0 aliphatic rings. The second-order valence-corrected chi connectivity index (χ2v) is 5.56. The van der Waals surface area contributed by atoms with Crippen LogP contribution in [0.5, 0.6) is 5.75 Å². The number of nitrogens with one attached hydrogen (secondary N) is 1. The summed E-state index contributed by atoms with van der Waals surface area (Å²) < 4.78 is 6.51. The van der Waals surface area contributed by atoms with Crippen LogP contribution in [-0.4, -0.2) is 12.5 Å². The first kappa shape index (κ1) is 14.6. The van der Waals surface area contributed by atoms with Gasteiger partial charge < -0.3 is 15.8 Å². The largest absolute Gasteiger partial charge is 0.484 e. The van der Waals surface area contributed by atoms with Crippen molar-refractivity contribution in [1.29, 1.82) is 0 Å². The van der Waals surface area contributed by atoms with E-state index in [1.54, 1.807) is 12.1 Å². The third kappa shape index (κ3) is 3.86. The molecule has 0 saturated carbocycles. The Morgan fingerprint density at radius 2 is 2.05 bits per heavy atom. The number of nitrogens with two attached hydrogens (primary N) is 1. The molecule has 0 aromatic heterocycles. The summed E-state index contributed by atoms with van der Waals surface area (Å²) >= 11 is 2.19. The van der Waals surface area contributed by atoms with Crippen molar-refractivity contribution in [2.45, 2.75) is 6.92 Å². The number of anilines is 2. The summed E-state index contributed by atoms with van der Waals surface area (Å²) in [4.78, 5) is 11.9. The molecule has 1 amide bonds. The molecule has 5 heteroatoms. The summed E-state index contributed by atoms with van der Waals surface area (Å²) in [6, 6.07) is 13.0. The summed E-state index contributed by atoms with van der Waals surface area (Å²) in [5.41, 5.74) is 8.01. The molecule has 0 saturated heterocycles. The number of hydrogen-bond acceptors (Lipinski definition) is 3. The van der Waals surface area contributed by atoms with Crippen LogP contribution in [0.1, 0.15) is 5.56 Å². The monoisotopic (exact) mass is 382 g/mol. The molecule has 2 aromatic carbocycles. The first-order valence-electron chi connectivity index (χ1n) is 6.09. The van der Waals surface area contributed by atoms with Crippen LogP contribution in [0, 0.1) is 10.5 Å². The van der Waals surface area contributed by atoms with Crippen LogP contribution in [0.3, 0.4) is 0 Å². The van der Waals surface area contributed by atoms with Crippen LogP contribution in [0.4, 0.5) is 11.4 Å². The van der Waals surface area contributed by atoms with Gasteiger partial charge in [0, 0.05) is 14.9 Å². The average molecular weight is 382 g/mol. The minimum absolute atomic E-state index is 0.0334. The minimum atomic E-state index is -0.211. The minimum Gasteiger partial charge on any atom is -0.484 e. The van der Waals surface area contributed by atoms with Gasteiger partial charge in [-0.05, 0) is 65.4 Å². The van der Waals surface area contributed by atoms with E-state index in [9.17, 15) is 4.79 Å². The molecule has 4 nitrogen and oxygen atoms in total. The number of ether oxygens (including phenoxy) is 1. The lowest BCUT2D eigenvalue weighted by Gasteiger charge is -2.11. The number of carbonyl (C=O) groups is 1. The molecular weight excluding hydrogens is 367 g/mol. The van der Waals surface area contributed by atoms with Gasteiger partial charge in [-0.15, -0.1) is 0 Å². The van der Waals surface area contributed by atoms with E-state index in [4.69, 9.17) is 10.5 Å². The third-order valence-electron chi connectivity index (χ3n) is 2.82. The molecule has 3 N–H and O–H groups in total. The van der Waals surface area contributed by atoms with Gasteiger partial charge in [0.05, 0.1) is 0 Å². The molecule has 0 radical (unpaired) electrons. The Labute approximate surface area is 131 Å². The standard InChI is InChI=1S/C15H15IN2O2/c1-10-13(17)6-3-7-14(10)18-15(19)9-20-12-5-2-4-11(16)8-12/h2-8H,9,17H2,1H3,(H,18,19). The summed E-state index contributed by atoms with van der Waals surface area (Å²) in [5, 5.41) is 2.79. The van der Waals surface area contributed by atoms with Crippen LogP contribution in [0.25, 0.3) is 0 Å². The lowest BCUT2D eigenvalue weighted by Crippen LogP contribution is -2.20. The molecular formula is C15H15IN2O2. The zero-order valence-electron chi connectivity index (χ0n) is 11.0. The molecule has 0 spiro atoms. The van der Waals surface area contributed by atoms with E-state index in [0.29, 0.717) is 17.1 Å². The highest BCUT2D eigenvalue weighted by Crippen LogP contribution is 2.20. The molecule has 2 rings (SSSR count). The van der Waals surface area contributed by atoms with Crippen LogP contribution in [0.2, 0.25) is 0 Å². The molecule has 20 heavy (non-hydrogen) atoms. The first-order chi connectivity index (χ1) is 9.56. The van der Waals surface area contributed by atoms with Gasteiger partial charge in [0.1, 0.15) is 5.75 Å². The van der Waals surface area contributed by atoms with Crippen molar-refractivity contribution in [2.24, 2.45) is 0 Å². The van der Waals surface area contributed by atoms with E-state index >= 15 is 0 Å². The van der Waals surface area contributed by atoms with E-state index in [0.717, 1.165) is 9.13 Å². The van der Waals surface area contributed by atoms with Crippen LogP contribution in [0.15, 0.2) is 42.5 Å². The zero-order chi connectivity index (χ0) is 14.5. The fourth-order valence-corrected chi connectivity index (χ4v) is 2.20. The van der Waals surface area contributed by atoms with Crippen LogP contribution < -0.4 is 15.8 Å². The molecule has 0 fully saturated rings. The quantitative estimate of drug-likeness (QED) is 0.631. The summed E-state index contributed by atoms with van der Waals surface area (Å²) in [6.45, 7) is 1.83. The first-order valence-corrected chi connectivity index (χ1v) is 7.17. The van der Waals surface area contributed by atoms with E-state index in [1.165, 1.54) is 0 Å². The Bertz CT molecular complexity index is 629. The van der Waals surface area contributed by atoms with Gasteiger partial charge in [0.15, 0.2) is 6.61 Å². The zero-order valence-corrected chi connectivity index (χ0v) is 13.2. The molecule has 0 aliphatic carbocycles. The summed E-state index contributed by atoms with van der Waals surface area (Å²) in [5.74, 6) is 0.467. The second kappa shape index (κ2) is 6.60. The Morgan fingerprint density at radius 1 is 1.30 bits per heavy atom. The molecule has 2 aromatic rings. The predicted molar refractivity (Wildman–Crippen MR) is 88.9 cm³/mol. The van der Waals surface area contributed by atoms with Crippen molar-refractivity contribution in [1.82, 2.24) is 0 Å². The average Bonchev–Trinajstić information content (AvgIpc) is 2.42. The van der Waals surface area contributed by atoms with E-state index in [1.807, 2.05) is 37.3 Å². The number of rotatable bonds is 4. The van der Waals surface area contributed by atoms with Crippen molar-refractivity contribution < 1.29 is 9.53 Å². The van der Waals surface area contributed by atoms with E-state index in [-0.39, 0.29) is 12.5 Å². The van der Waals surface area contributed by atoms with Gasteiger partial charge in [-0.25, -0.2) is 0 Å². The molecule has 0 unspecified atom stereocenters. The van der Waals surface area contributed by atoms with Crippen molar-refractivity contribution in [2.75, 3.05) is 17.7 Å². The molecule has 0 aliphatic heterocycles. The smallest absolute Gasteiger partial charge is 0.262 e. The Balaban J connectivity index is 1.94. The maximum absolute atomic E-state index is 11.9. The lowest BCUT2D eigenvalue weighted by molar-refractivity contribution is -0.118. The number of amides is 1. The number of halogens is 1. The maximum atomic E-state index is 11.9. The SMILES string of the molecule is Cc1c(N)cccc1NC(=O)COc1cccc(I)c1. The molecule has 0 bridgehead atoms. The fourth-order valence-electron chi connectivity index (χ4n) is 1.68. The number of benzene rings is 2. The summed E-state index contributed by atoms with van der Waals surface area (Å²) in [7, 11) is 0. The van der Waals surface area contributed by atoms with Gasteiger partial charge in [-0.2, -0.15) is 0 Å². The highest BCUT2D eigenvalue weighted by atomic mass is 127. The van der Waals surface area contributed by atoms with Crippen LogP contribution >= 0.6 is 22.6 Å². The highest BCUT2D eigenvalue weighted by Gasteiger charge is 2.07. The number of nitrogen functional groups attached to an aromatic ring is 1. The Morgan fingerprint density at radius 3 is 2.80 bits per heavy atom. The van der Waals surface area contributed by atoms with E-state index in [2.05, 4.69) is 27.9 Å². The lowest BCUT2D eigenvalue weighted by atomic mass is 10.1. The maximum Gasteiger partial charge on any atom is 0.262 e. The molecule has 0 heterocycles. The van der Waals surface area contributed by atoms with Gasteiger partial charge >= 0.3 is 0 Å². The van der Waals surface area contributed by atoms with Gasteiger partial charge in [-0.3, -0.25) is 4.79 Å². The normalized spacial score (nSPS) is 10.1. The molecule has 104 valence electrons. The second-order valence-electron chi connectivity index (χ2n) is 4.31. The van der Waals surface area contributed by atoms with Crippen molar-refractivity contribution in [3.8, 4) is 5.75 Å². The molecule has 0 atom stereocenters. The topological polar surface area (TPSA) is 64.3 Å². The van der Waals surface area contributed by atoms with Crippen molar-refractivity contribution >= 4 is 39.9 Å². The van der Waals surface area contributed by atoms with Gasteiger partial charge in [0.2, 0.25) is 0 Å². The van der Waals surface area contributed by atoms with Crippen molar-refractivity contribution in [3.63, 3.8) is 0 Å². The summed E-state index contributed by atoms with van der Waals surface area (Å²) in [6.07, 6.45) is 0.